The Morgan fingerprint density at radius 2 is 1.87 bits per heavy atom. The minimum absolute atomic E-state index is 0.0584. The summed E-state index contributed by atoms with van der Waals surface area (Å²) in [7, 11) is 0. The Hall–Kier alpha value is -3.26. The molecule has 1 N–H and O–H groups in total. The first kappa shape index (κ1) is 21.0. The van der Waals surface area contributed by atoms with Crippen LogP contribution in [0.4, 0.5) is 0 Å². The van der Waals surface area contributed by atoms with Gasteiger partial charge in [-0.2, -0.15) is 0 Å². The van der Waals surface area contributed by atoms with E-state index >= 15 is 0 Å². The van der Waals surface area contributed by atoms with Crippen LogP contribution < -0.4 is 5.69 Å². The highest BCUT2D eigenvalue weighted by atomic mass is 35.5. The molecule has 3 aromatic heterocycles. The number of hydrogen-bond donors (Lipinski definition) is 1. The molecular formula is C22H24ClN7O. The van der Waals surface area contributed by atoms with Gasteiger partial charge in [-0.1, -0.05) is 49.2 Å². The quantitative estimate of drug-likeness (QED) is 0.450. The number of tetrazole rings is 1. The zero-order valence-electron chi connectivity index (χ0n) is 17.5. The van der Waals surface area contributed by atoms with E-state index in [9.17, 15) is 4.79 Å². The van der Waals surface area contributed by atoms with Crippen LogP contribution in [0.5, 0.6) is 0 Å². The predicted molar refractivity (Wildman–Crippen MR) is 120 cm³/mol. The first-order valence-corrected chi connectivity index (χ1v) is 10.8. The van der Waals surface area contributed by atoms with E-state index in [0.717, 1.165) is 47.2 Å². The first-order chi connectivity index (χ1) is 15.1. The van der Waals surface area contributed by atoms with Gasteiger partial charge >= 0.3 is 5.69 Å². The summed E-state index contributed by atoms with van der Waals surface area (Å²) in [4.78, 5) is 17.1. The van der Waals surface area contributed by atoms with Crippen molar-refractivity contribution in [3.05, 3.63) is 69.6 Å². The Bertz CT molecular complexity index is 1210. The zero-order valence-corrected chi connectivity index (χ0v) is 18.3. The summed E-state index contributed by atoms with van der Waals surface area (Å²) in [5, 5.41) is 14.6. The summed E-state index contributed by atoms with van der Waals surface area (Å²) in [6.07, 6.45) is 6.31. The van der Waals surface area contributed by atoms with E-state index < -0.39 is 0 Å². The second-order valence-electron chi connectivity index (χ2n) is 7.32. The summed E-state index contributed by atoms with van der Waals surface area (Å²) in [5.74, 6) is 0.565. The minimum Gasteiger partial charge on any atom is -0.290 e. The van der Waals surface area contributed by atoms with Gasteiger partial charge in [0, 0.05) is 24.5 Å². The molecule has 0 fully saturated rings. The number of nitrogens with one attached hydrogen (secondary N) is 1. The molecule has 160 valence electrons. The van der Waals surface area contributed by atoms with Gasteiger partial charge < -0.3 is 0 Å². The standard InChI is InChI=1S/C22H24ClN7O/c1-3-5-6-19-20(23)29(4-2)22(31)30(19)14-15-7-9-16(10-8-15)17-11-12-24-13-18(17)21-25-27-28-26-21/h7-13H,3-6,14H2,1-2H3,(H,25,26,27,28). The maximum Gasteiger partial charge on any atom is 0.329 e. The van der Waals surface area contributed by atoms with Crippen molar-refractivity contribution in [3.63, 3.8) is 0 Å². The smallest absolute Gasteiger partial charge is 0.290 e. The highest BCUT2D eigenvalue weighted by Crippen LogP contribution is 2.29. The van der Waals surface area contributed by atoms with E-state index in [1.54, 1.807) is 21.5 Å². The van der Waals surface area contributed by atoms with Gasteiger partial charge in [-0.15, -0.1) is 5.10 Å². The molecule has 1 aromatic carbocycles. The molecule has 8 nitrogen and oxygen atoms in total. The Labute approximate surface area is 184 Å². The molecule has 9 heteroatoms. The number of rotatable bonds is 8. The van der Waals surface area contributed by atoms with E-state index in [-0.39, 0.29) is 5.69 Å². The second kappa shape index (κ2) is 9.26. The number of imidazole rings is 1. The number of unbranched alkanes of at least 4 members (excludes halogenated alkanes) is 1. The molecule has 0 amide bonds. The van der Waals surface area contributed by atoms with E-state index in [1.165, 1.54) is 0 Å². The van der Waals surface area contributed by atoms with Gasteiger partial charge in [-0.25, -0.2) is 9.89 Å². The fourth-order valence-electron chi connectivity index (χ4n) is 3.71. The SMILES string of the molecule is CCCCc1c(Cl)n(CC)c(=O)n1Cc1ccc(-c2ccncc2-c2nnn[nH]2)cc1. The van der Waals surface area contributed by atoms with Crippen LogP contribution in [0, 0.1) is 0 Å². The number of H-pyrrole nitrogens is 1. The molecule has 0 aliphatic carbocycles. The molecule has 0 saturated heterocycles. The summed E-state index contributed by atoms with van der Waals surface area (Å²) in [6, 6.07) is 10.1. The number of pyridine rings is 1. The lowest BCUT2D eigenvalue weighted by molar-refractivity contribution is 0.647. The molecule has 0 aliphatic rings. The molecule has 4 aromatic rings. The van der Waals surface area contributed by atoms with E-state index in [1.807, 2.05) is 37.3 Å². The Kier molecular flexibility index (Phi) is 6.27. The van der Waals surface area contributed by atoms with Crippen LogP contribution in [-0.2, 0) is 19.5 Å². The van der Waals surface area contributed by atoms with E-state index in [4.69, 9.17) is 11.6 Å². The largest absolute Gasteiger partial charge is 0.329 e. The van der Waals surface area contributed by atoms with Gasteiger partial charge in [-0.3, -0.25) is 14.1 Å². The van der Waals surface area contributed by atoms with Gasteiger partial charge in [0.25, 0.3) is 0 Å². The van der Waals surface area contributed by atoms with E-state index in [2.05, 4.69) is 32.5 Å². The van der Waals surface area contributed by atoms with Crippen molar-refractivity contribution in [2.75, 3.05) is 0 Å². The monoisotopic (exact) mass is 437 g/mol. The van der Waals surface area contributed by atoms with Crippen LogP contribution in [0.2, 0.25) is 5.15 Å². The highest BCUT2D eigenvalue weighted by Gasteiger charge is 2.17. The van der Waals surface area contributed by atoms with Crippen LogP contribution in [0.25, 0.3) is 22.5 Å². The lowest BCUT2D eigenvalue weighted by atomic mass is 10.00. The predicted octanol–water partition coefficient (Wildman–Crippen LogP) is 3.96. The van der Waals surface area contributed by atoms with Gasteiger partial charge in [0.15, 0.2) is 5.82 Å². The molecule has 0 atom stereocenters. The fourth-order valence-corrected chi connectivity index (χ4v) is 4.10. The maximum atomic E-state index is 12.9. The number of hydrogen-bond acceptors (Lipinski definition) is 5. The lowest BCUT2D eigenvalue weighted by Gasteiger charge is -2.10. The van der Waals surface area contributed by atoms with Crippen molar-refractivity contribution in [1.82, 2.24) is 34.7 Å². The summed E-state index contributed by atoms with van der Waals surface area (Å²) < 4.78 is 3.43. The van der Waals surface area contributed by atoms with Crippen LogP contribution >= 0.6 is 11.6 Å². The molecule has 0 bridgehead atoms. The number of aromatic nitrogens is 7. The van der Waals surface area contributed by atoms with Crippen LogP contribution in [0.15, 0.2) is 47.5 Å². The van der Waals surface area contributed by atoms with Crippen molar-refractivity contribution in [1.29, 1.82) is 0 Å². The molecular weight excluding hydrogens is 414 g/mol. The first-order valence-electron chi connectivity index (χ1n) is 10.4. The number of aromatic amines is 1. The Morgan fingerprint density at radius 3 is 2.55 bits per heavy atom. The minimum atomic E-state index is -0.0584. The fraction of sp³-hybridized carbons (Fsp3) is 0.318. The average molecular weight is 438 g/mol. The number of nitrogens with zero attached hydrogens (tertiary/aromatic N) is 6. The van der Waals surface area contributed by atoms with Gasteiger partial charge in [0.2, 0.25) is 0 Å². The molecule has 4 rings (SSSR count). The third-order valence-corrected chi connectivity index (χ3v) is 5.80. The molecule has 0 radical (unpaired) electrons. The Morgan fingerprint density at radius 1 is 1.06 bits per heavy atom. The molecule has 0 unspecified atom stereocenters. The van der Waals surface area contributed by atoms with E-state index in [0.29, 0.717) is 24.1 Å². The van der Waals surface area contributed by atoms with Crippen molar-refractivity contribution in [2.24, 2.45) is 0 Å². The molecule has 0 spiro atoms. The van der Waals surface area contributed by atoms with Crippen molar-refractivity contribution < 1.29 is 0 Å². The molecule has 0 saturated carbocycles. The molecule has 0 aliphatic heterocycles. The topological polar surface area (TPSA) is 94.3 Å². The average Bonchev–Trinajstić information content (AvgIpc) is 3.41. The summed E-state index contributed by atoms with van der Waals surface area (Å²) in [6.45, 7) is 5.12. The zero-order chi connectivity index (χ0) is 21.8. The number of benzene rings is 1. The summed E-state index contributed by atoms with van der Waals surface area (Å²) >= 11 is 6.53. The lowest BCUT2D eigenvalue weighted by Crippen LogP contribution is -2.25. The third kappa shape index (κ3) is 4.16. The maximum absolute atomic E-state index is 12.9. The normalized spacial score (nSPS) is 11.2. The van der Waals surface area contributed by atoms with Crippen molar-refractivity contribution >= 4 is 11.6 Å². The van der Waals surface area contributed by atoms with Gasteiger partial charge in [0.1, 0.15) is 5.15 Å². The van der Waals surface area contributed by atoms with Gasteiger partial charge in [0.05, 0.1) is 12.2 Å². The van der Waals surface area contributed by atoms with Crippen LogP contribution in [0.3, 0.4) is 0 Å². The third-order valence-electron chi connectivity index (χ3n) is 5.37. The molecule has 31 heavy (non-hydrogen) atoms. The van der Waals surface area contributed by atoms with Crippen molar-refractivity contribution in [3.8, 4) is 22.5 Å². The van der Waals surface area contributed by atoms with Crippen molar-refractivity contribution in [2.45, 2.75) is 46.2 Å². The Balaban J connectivity index is 1.65. The summed E-state index contributed by atoms with van der Waals surface area (Å²) in [5.41, 5.74) is 4.70. The highest BCUT2D eigenvalue weighted by molar-refractivity contribution is 6.30. The van der Waals surface area contributed by atoms with Crippen LogP contribution in [0.1, 0.15) is 37.9 Å². The second-order valence-corrected chi connectivity index (χ2v) is 7.68. The molecule has 3 heterocycles. The number of halogens is 1. The van der Waals surface area contributed by atoms with Gasteiger partial charge in [-0.05, 0) is 52.9 Å². The van der Waals surface area contributed by atoms with Crippen LogP contribution in [-0.4, -0.2) is 34.7 Å².